The van der Waals surface area contributed by atoms with Crippen molar-refractivity contribution in [2.75, 3.05) is 18.0 Å². The molecule has 0 radical (unpaired) electrons. The molecule has 1 unspecified atom stereocenters. The maximum absolute atomic E-state index is 13.4. The number of rotatable bonds is 3. The van der Waals surface area contributed by atoms with Crippen LogP contribution >= 0.6 is 0 Å². The molecule has 1 atom stereocenters. The summed E-state index contributed by atoms with van der Waals surface area (Å²) in [5.74, 6) is -0.0216. The second-order valence-electron chi connectivity index (χ2n) is 5.82. The lowest BCUT2D eigenvalue weighted by Gasteiger charge is -2.19. The van der Waals surface area contributed by atoms with Gasteiger partial charge in [-0.25, -0.2) is 14.4 Å². The number of hydrogen-bond acceptors (Lipinski definition) is 5. The first-order valence-electron chi connectivity index (χ1n) is 7.61. The van der Waals surface area contributed by atoms with Crippen LogP contribution in [0, 0.1) is 5.82 Å². The third-order valence-corrected chi connectivity index (χ3v) is 4.30. The van der Waals surface area contributed by atoms with Crippen LogP contribution in [-0.4, -0.2) is 38.7 Å². The lowest BCUT2D eigenvalue weighted by atomic mass is 10.2. The van der Waals surface area contributed by atoms with Crippen molar-refractivity contribution in [1.82, 2.24) is 19.7 Å². The van der Waals surface area contributed by atoms with Crippen molar-refractivity contribution >= 4 is 22.6 Å². The summed E-state index contributed by atoms with van der Waals surface area (Å²) in [5, 5.41) is 5.05. The molecule has 2 N–H and O–H groups in total. The third-order valence-electron chi connectivity index (χ3n) is 4.30. The summed E-state index contributed by atoms with van der Waals surface area (Å²) < 4.78 is 15.1. The van der Waals surface area contributed by atoms with E-state index >= 15 is 0 Å². The minimum atomic E-state index is -0.486. The number of amides is 1. The summed E-state index contributed by atoms with van der Waals surface area (Å²) in [5.41, 5.74) is 6.25. The van der Waals surface area contributed by atoms with Crippen molar-refractivity contribution in [2.45, 2.75) is 12.5 Å². The molecule has 3 heterocycles. The maximum Gasteiger partial charge on any atom is 0.251 e. The SMILES string of the molecule is NC(=O)c1cnn(C2CCN(c3ncnc4cc(F)ccc34)C2)c1. The predicted molar refractivity (Wildman–Crippen MR) is 86.1 cm³/mol. The molecule has 1 amide bonds. The summed E-state index contributed by atoms with van der Waals surface area (Å²) in [6.45, 7) is 1.49. The number of benzene rings is 1. The van der Waals surface area contributed by atoms with Gasteiger partial charge < -0.3 is 10.6 Å². The molecule has 0 saturated carbocycles. The van der Waals surface area contributed by atoms with Crippen LogP contribution in [0.3, 0.4) is 0 Å². The Morgan fingerprint density at radius 2 is 2.21 bits per heavy atom. The van der Waals surface area contributed by atoms with Gasteiger partial charge in [-0.1, -0.05) is 0 Å². The molecule has 0 spiro atoms. The molecule has 1 saturated heterocycles. The Morgan fingerprint density at radius 1 is 1.33 bits per heavy atom. The minimum Gasteiger partial charge on any atom is -0.366 e. The van der Waals surface area contributed by atoms with Gasteiger partial charge in [-0.05, 0) is 18.6 Å². The van der Waals surface area contributed by atoms with Crippen LogP contribution in [0.5, 0.6) is 0 Å². The number of fused-ring (bicyclic) bond motifs is 1. The standard InChI is InChI=1S/C16H15FN6O/c17-11-1-2-13-14(5-11)19-9-20-16(13)22-4-3-12(8-22)23-7-10(6-21-23)15(18)24/h1-2,5-7,9,12H,3-4,8H2,(H2,18,24). The fourth-order valence-electron chi connectivity index (χ4n) is 3.08. The Hall–Kier alpha value is -3.03. The van der Waals surface area contributed by atoms with Gasteiger partial charge in [0.25, 0.3) is 5.91 Å². The Bertz CT molecular complexity index is 924. The van der Waals surface area contributed by atoms with Crippen molar-refractivity contribution in [3.63, 3.8) is 0 Å². The molecule has 1 aliphatic heterocycles. The number of nitrogens with two attached hydrogens (primary N) is 1. The largest absolute Gasteiger partial charge is 0.366 e. The van der Waals surface area contributed by atoms with E-state index in [1.54, 1.807) is 16.9 Å². The number of hydrogen-bond donors (Lipinski definition) is 1. The van der Waals surface area contributed by atoms with Gasteiger partial charge in [0, 0.05) is 30.7 Å². The number of halogens is 1. The molecular weight excluding hydrogens is 311 g/mol. The van der Waals surface area contributed by atoms with Gasteiger partial charge >= 0.3 is 0 Å². The highest BCUT2D eigenvalue weighted by molar-refractivity contribution is 5.92. The number of nitrogens with zero attached hydrogens (tertiary/aromatic N) is 5. The topological polar surface area (TPSA) is 89.9 Å². The monoisotopic (exact) mass is 326 g/mol. The van der Waals surface area contributed by atoms with Crippen LogP contribution in [0.4, 0.5) is 10.2 Å². The molecule has 24 heavy (non-hydrogen) atoms. The number of carbonyl (C=O) groups excluding carboxylic acids is 1. The third kappa shape index (κ3) is 2.45. The normalized spacial score (nSPS) is 17.5. The van der Waals surface area contributed by atoms with Crippen LogP contribution in [-0.2, 0) is 0 Å². The summed E-state index contributed by atoms with van der Waals surface area (Å²) in [6, 6.07) is 4.64. The Balaban J connectivity index is 1.61. The molecule has 122 valence electrons. The van der Waals surface area contributed by atoms with Gasteiger partial charge in [-0.15, -0.1) is 0 Å². The van der Waals surface area contributed by atoms with Crippen molar-refractivity contribution in [1.29, 1.82) is 0 Å². The summed E-state index contributed by atoms with van der Waals surface area (Å²) in [6.07, 6.45) is 5.47. The molecule has 2 aromatic heterocycles. The zero-order valence-corrected chi connectivity index (χ0v) is 12.8. The van der Waals surface area contributed by atoms with E-state index in [9.17, 15) is 9.18 Å². The maximum atomic E-state index is 13.4. The Labute approximate surface area is 136 Å². The van der Waals surface area contributed by atoms with Gasteiger partial charge in [-0.3, -0.25) is 9.48 Å². The van der Waals surface area contributed by atoms with E-state index in [1.165, 1.54) is 24.7 Å². The fourth-order valence-corrected chi connectivity index (χ4v) is 3.08. The second kappa shape index (κ2) is 5.55. The lowest BCUT2D eigenvalue weighted by molar-refractivity contribution is 0.1000. The fraction of sp³-hybridized carbons (Fsp3) is 0.250. The molecule has 0 aliphatic carbocycles. The van der Waals surface area contributed by atoms with Crippen molar-refractivity contribution in [3.05, 3.63) is 48.3 Å². The highest BCUT2D eigenvalue weighted by Gasteiger charge is 2.27. The molecule has 0 bridgehead atoms. The number of aromatic nitrogens is 4. The van der Waals surface area contributed by atoms with Crippen LogP contribution in [0.15, 0.2) is 36.9 Å². The van der Waals surface area contributed by atoms with Crippen LogP contribution in [0.2, 0.25) is 0 Å². The molecule has 1 fully saturated rings. The van der Waals surface area contributed by atoms with E-state index in [2.05, 4.69) is 20.0 Å². The zero-order chi connectivity index (χ0) is 16.7. The summed E-state index contributed by atoms with van der Waals surface area (Å²) in [4.78, 5) is 21.8. The smallest absolute Gasteiger partial charge is 0.251 e. The van der Waals surface area contributed by atoms with E-state index in [4.69, 9.17) is 5.73 Å². The highest BCUT2D eigenvalue weighted by Crippen LogP contribution is 2.30. The molecule has 3 aromatic rings. The average Bonchev–Trinajstić information content (AvgIpc) is 3.23. The van der Waals surface area contributed by atoms with Crippen molar-refractivity contribution < 1.29 is 9.18 Å². The first kappa shape index (κ1) is 14.6. The van der Waals surface area contributed by atoms with Crippen LogP contribution < -0.4 is 10.6 Å². The van der Waals surface area contributed by atoms with Gasteiger partial charge in [-0.2, -0.15) is 5.10 Å². The van der Waals surface area contributed by atoms with E-state index in [0.29, 0.717) is 17.6 Å². The van der Waals surface area contributed by atoms with Gasteiger partial charge in [0.1, 0.15) is 18.0 Å². The average molecular weight is 326 g/mol. The molecule has 4 rings (SSSR count). The van der Waals surface area contributed by atoms with Crippen LogP contribution in [0.1, 0.15) is 22.8 Å². The lowest BCUT2D eigenvalue weighted by Crippen LogP contribution is -2.22. The summed E-state index contributed by atoms with van der Waals surface area (Å²) >= 11 is 0. The van der Waals surface area contributed by atoms with E-state index in [1.807, 2.05) is 0 Å². The minimum absolute atomic E-state index is 0.128. The Kier molecular flexibility index (Phi) is 3.37. The molecule has 8 heteroatoms. The van der Waals surface area contributed by atoms with Gasteiger partial charge in [0.05, 0.1) is 23.3 Å². The van der Waals surface area contributed by atoms with Crippen molar-refractivity contribution in [3.8, 4) is 0 Å². The van der Waals surface area contributed by atoms with E-state index < -0.39 is 5.91 Å². The van der Waals surface area contributed by atoms with Crippen LogP contribution in [0.25, 0.3) is 10.9 Å². The van der Waals surface area contributed by atoms with Gasteiger partial charge in [0.2, 0.25) is 0 Å². The van der Waals surface area contributed by atoms with E-state index in [-0.39, 0.29) is 11.9 Å². The number of primary amides is 1. The number of anilines is 1. The molecule has 7 nitrogen and oxygen atoms in total. The first-order chi connectivity index (χ1) is 11.6. The van der Waals surface area contributed by atoms with E-state index in [0.717, 1.165) is 24.2 Å². The quantitative estimate of drug-likeness (QED) is 0.788. The highest BCUT2D eigenvalue weighted by atomic mass is 19.1. The van der Waals surface area contributed by atoms with Gasteiger partial charge in [0.15, 0.2) is 0 Å². The molecule has 1 aliphatic rings. The zero-order valence-electron chi connectivity index (χ0n) is 12.8. The molecular formula is C16H15FN6O. The molecule has 1 aromatic carbocycles. The first-order valence-corrected chi connectivity index (χ1v) is 7.61. The second-order valence-corrected chi connectivity index (χ2v) is 5.82. The summed E-state index contributed by atoms with van der Waals surface area (Å²) in [7, 11) is 0. The van der Waals surface area contributed by atoms with Crippen molar-refractivity contribution in [2.24, 2.45) is 5.73 Å². The number of carbonyl (C=O) groups is 1. The predicted octanol–water partition coefficient (Wildman–Crippen LogP) is 1.52. The Morgan fingerprint density at radius 3 is 3.00 bits per heavy atom.